The van der Waals surface area contributed by atoms with Gasteiger partial charge in [-0.2, -0.15) is 4.31 Å². The molecule has 0 spiro atoms. The second kappa shape index (κ2) is 4.63. The van der Waals surface area contributed by atoms with E-state index in [0.717, 1.165) is 25.7 Å². The molecule has 2 rings (SSSR count). The Morgan fingerprint density at radius 2 is 1.81 bits per heavy atom. The van der Waals surface area contributed by atoms with E-state index in [0.29, 0.717) is 12.5 Å². The molecule has 2 heterocycles. The van der Waals surface area contributed by atoms with E-state index < -0.39 is 10.0 Å². The molecule has 0 aromatic heterocycles. The van der Waals surface area contributed by atoms with Crippen molar-refractivity contribution < 1.29 is 13.2 Å². The molecule has 16 heavy (non-hydrogen) atoms. The van der Waals surface area contributed by atoms with Crippen LogP contribution < -0.4 is 0 Å². The van der Waals surface area contributed by atoms with Crippen LogP contribution in [-0.4, -0.2) is 44.3 Å². The van der Waals surface area contributed by atoms with Crippen molar-refractivity contribution in [3.05, 3.63) is 0 Å². The Hall–Kier alpha value is -0.130. The summed E-state index contributed by atoms with van der Waals surface area (Å²) in [7, 11) is -1.55. The van der Waals surface area contributed by atoms with Crippen LogP contribution in [0, 0.1) is 5.92 Å². The first-order valence-electron chi connectivity index (χ1n) is 6.04. The van der Waals surface area contributed by atoms with Crippen LogP contribution in [0.4, 0.5) is 0 Å². The number of nitrogens with zero attached hydrogens (tertiary/aromatic N) is 1. The van der Waals surface area contributed by atoms with Gasteiger partial charge in [0.1, 0.15) is 0 Å². The predicted molar refractivity (Wildman–Crippen MR) is 62.7 cm³/mol. The van der Waals surface area contributed by atoms with Gasteiger partial charge in [0.2, 0.25) is 10.0 Å². The molecule has 0 saturated carbocycles. The third kappa shape index (κ3) is 2.26. The van der Waals surface area contributed by atoms with Crippen LogP contribution in [0.2, 0.25) is 0 Å². The van der Waals surface area contributed by atoms with E-state index in [1.807, 2.05) is 0 Å². The Labute approximate surface area is 98.0 Å². The summed E-state index contributed by atoms with van der Waals surface area (Å²) in [6.07, 6.45) is 4.15. The summed E-state index contributed by atoms with van der Waals surface area (Å²) in [5.74, 6) is 0.802. The molecule has 94 valence electrons. The second-order valence-electron chi connectivity index (χ2n) is 5.10. The standard InChI is InChI=1S/C11H21NO3S/c1-9-7-10-3-4-11(8-9)12(10)16(13,14)6-5-15-2/h9-11H,3-8H2,1-2H3. The summed E-state index contributed by atoms with van der Waals surface area (Å²) in [5, 5.41) is 0. The molecule has 0 amide bonds. The topological polar surface area (TPSA) is 46.6 Å². The van der Waals surface area contributed by atoms with E-state index in [2.05, 4.69) is 6.92 Å². The van der Waals surface area contributed by atoms with Gasteiger partial charge >= 0.3 is 0 Å². The summed E-state index contributed by atoms with van der Waals surface area (Å²) in [6.45, 7) is 2.53. The molecule has 2 saturated heterocycles. The van der Waals surface area contributed by atoms with Crippen molar-refractivity contribution in [2.75, 3.05) is 19.5 Å². The van der Waals surface area contributed by atoms with Crippen LogP contribution in [0.3, 0.4) is 0 Å². The first kappa shape index (κ1) is 12.3. The van der Waals surface area contributed by atoms with E-state index >= 15 is 0 Å². The summed E-state index contributed by atoms with van der Waals surface area (Å²) >= 11 is 0. The van der Waals surface area contributed by atoms with Crippen molar-refractivity contribution in [2.24, 2.45) is 5.92 Å². The molecule has 2 bridgehead atoms. The number of sulfonamides is 1. The zero-order chi connectivity index (χ0) is 11.8. The lowest BCUT2D eigenvalue weighted by Crippen LogP contribution is -2.47. The van der Waals surface area contributed by atoms with Crippen molar-refractivity contribution in [1.82, 2.24) is 4.31 Å². The molecule has 2 aliphatic rings. The lowest BCUT2D eigenvalue weighted by Gasteiger charge is -2.36. The van der Waals surface area contributed by atoms with E-state index in [-0.39, 0.29) is 17.8 Å². The average Bonchev–Trinajstić information content (AvgIpc) is 2.50. The third-order valence-electron chi connectivity index (χ3n) is 3.77. The van der Waals surface area contributed by atoms with E-state index in [1.54, 1.807) is 11.4 Å². The number of methoxy groups -OCH3 is 1. The molecule has 4 nitrogen and oxygen atoms in total. The van der Waals surface area contributed by atoms with Crippen molar-refractivity contribution in [1.29, 1.82) is 0 Å². The van der Waals surface area contributed by atoms with Crippen LogP contribution >= 0.6 is 0 Å². The minimum absolute atomic E-state index is 0.130. The summed E-state index contributed by atoms with van der Waals surface area (Å²) < 4.78 is 31.0. The monoisotopic (exact) mass is 247 g/mol. The zero-order valence-electron chi connectivity index (χ0n) is 10.1. The van der Waals surface area contributed by atoms with E-state index in [1.165, 1.54) is 0 Å². The van der Waals surface area contributed by atoms with Gasteiger partial charge in [-0.1, -0.05) is 6.92 Å². The highest BCUT2D eigenvalue weighted by molar-refractivity contribution is 7.89. The van der Waals surface area contributed by atoms with Gasteiger partial charge in [-0.15, -0.1) is 0 Å². The highest BCUT2D eigenvalue weighted by Gasteiger charge is 2.45. The van der Waals surface area contributed by atoms with Crippen LogP contribution in [-0.2, 0) is 14.8 Å². The smallest absolute Gasteiger partial charge is 0.216 e. The van der Waals surface area contributed by atoms with Crippen LogP contribution in [0.1, 0.15) is 32.6 Å². The maximum atomic E-state index is 12.2. The SMILES string of the molecule is COCCS(=O)(=O)N1C2CCC1CC(C)C2. The van der Waals surface area contributed by atoms with Gasteiger partial charge in [0.25, 0.3) is 0 Å². The Bertz CT molecular complexity index is 327. The van der Waals surface area contributed by atoms with Gasteiger partial charge in [-0.05, 0) is 31.6 Å². The summed E-state index contributed by atoms with van der Waals surface area (Å²) in [5.41, 5.74) is 0. The fourth-order valence-electron chi connectivity index (χ4n) is 3.15. The Morgan fingerprint density at radius 1 is 1.25 bits per heavy atom. The van der Waals surface area contributed by atoms with Crippen LogP contribution in [0.25, 0.3) is 0 Å². The molecular weight excluding hydrogens is 226 g/mol. The first-order chi connectivity index (χ1) is 7.54. The lowest BCUT2D eigenvalue weighted by atomic mass is 9.94. The largest absolute Gasteiger partial charge is 0.384 e. The van der Waals surface area contributed by atoms with E-state index in [4.69, 9.17) is 4.74 Å². The summed E-state index contributed by atoms with van der Waals surface area (Å²) in [6, 6.07) is 0.520. The molecule has 2 atom stereocenters. The quantitative estimate of drug-likeness (QED) is 0.750. The maximum absolute atomic E-state index is 12.2. The summed E-state index contributed by atoms with van der Waals surface area (Å²) in [4.78, 5) is 0. The number of rotatable bonds is 4. The molecule has 0 aromatic rings. The Morgan fingerprint density at radius 3 is 2.31 bits per heavy atom. The highest BCUT2D eigenvalue weighted by atomic mass is 32.2. The Balaban J connectivity index is 2.10. The third-order valence-corrected chi connectivity index (χ3v) is 5.69. The van der Waals surface area contributed by atoms with Crippen LogP contribution in [0.5, 0.6) is 0 Å². The zero-order valence-corrected chi connectivity index (χ0v) is 10.9. The highest BCUT2D eigenvalue weighted by Crippen LogP contribution is 2.40. The molecule has 2 unspecified atom stereocenters. The van der Waals surface area contributed by atoms with Gasteiger partial charge in [0, 0.05) is 19.2 Å². The van der Waals surface area contributed by atoms with Crippen LogP contribution in [0.15, 0.2) is 0 Å². The molecule has 2 fully saturated rings. The Kier molecular flexibility index (Phi) is 3.56. The number of hydrogen-bond acceptors (Lipinski definition) is 3. The fraction of sp³-hybridized carbons (Fsp3) is 1.00. The number of fused-ring (bicyclic) bond motifs is 2. The lowest BCUT2D eigenvalue weighted by molar-refractivity contribution is 0.191. The van der Waals surface area contributed by atoms with Crippen molar-refractivity contribution in [3.63, 3.8) is 0 Å². The molecule has 0 N–H and O–H groups in total. The molecule has 0 radical (unpaired) electrons. The van der Waals surface area contributed by atoms with E-state index in [9.17, 15) is 8.42 Å². The molecule has 0 aromatic carbocycles. The van der Waals surface area contributed by atoms with Crippen molar-refractivity contribution in [2.45, 2.75) is 44.7 Å². The number of piperidine rings is 1. The number of ether oxygens (including phenoxy) is 1. The average molecular weight is 247 g/mol. The second-order valence-corrected chi connectivity index (χ2v) is 7.09. The predicted octanol–water partition coefficient (Wildman–Crippen LogP) is 1.23. The van der Waals surface area contributed by atoms with Gasteiger partial charge in [0.05, 0.1) is 12.4 Å². The molecule has 2 aliphatic heterocycles. The van der Waals surface area contributed by atoms with Gasteiger partial charge in [-0.25, -0.2) is 8.42 Å². The van der Waals surface area contributed by atoms with Crippen molar-refractivity contribution >= 4 is 10.0 Å². The maximum Gasteiger partial charge on any atom is 0.216 e. The van der Waals surface area contributed by atoms with Gasteiger partial charge < -0.3 is 4.74 Å². The fourth-order valence-corrected chi connectivity index (χ4v) is 5.03. The molecular formula is C11H21NO3S. The van der Waals surface area contributed by atoms with Crippen molar-refractivity contribution in [3.8, 4) is 0 Å². The molecule has 0 aliphatic carbocycles. The first-order valence-corrected chi connectivity index (χ1v) is 7.65. The van der Waals surface area contributed by atoms with Gasteiger partial charge in [-0.3, -0.25) is 0 Å². The minimum Gasteiger partial charge on any atom is -0.384 e. The molecule has 5 heteroatoms. The number of hydrogen-bond donors (Lipinski definition) is 0. The normalized spacial score (nSPS) is 35.5. The minimum atomic E-state index is -3.10. The van der Waals surface area contributed by atoms with Gasteiger partial charge in [0.15, 0.2) is 0 Å².